The SMILES string of the molecule is COc1ccccc1NC(=O)N1CC2CNCC(C2)C1. The normalized spacial score (nSPS) is 25.1. The molecule has 1 aromatic rings. The van der Waals surface area contributed by atoms with Crippen molar-refractivity contribution in [3.05, 3.63) is 24.3 Å². The van der Waals surface area contributed by atoms with Crippen molar-refractivity contribution in [3.8, 4) is 5.75 Å². The number of likely N-dealkylation sites (tertiary alicyclic amines) is 1. The van der Waals surface area contributed by atoms with Crippen LogP contribution in [0.4, 0.5) is 10.5 Å². The molecule has 2 fully saturated rings. The molecule has 1 aromatic carbocycles. The molecule has 2 amide bonds. The highest BCUT2D eigenvalue weighted by Gasteiger charge is 2.32. The second-order valence-corrected chi connectivity index (χ2v) is 5.66. The lowest BCUT2D eigenvalue weighted by Crippen LogP contribution is -2.53. The van der Waals surface area contributed by atoms with Gasteiger partial charge in [-0.1, -0.05) is 12.1 Å². The number of methoxy groups -OCH3 is 1. The molecule has 20 heavy (non-hydrogen) atoms. The fourth-order valence-corrected chi connectivity index (χ4v) is 3.21. The Hall–Kier alpha value is -1.75. The van der Waals surface area contributed by atoms with E-state index >= 15 is 0 Å². The molecule has 3 rings (SSSR count). The van der Waals surface area contributed by atoms with Crippen LogP contribution >= 0.6 is 0 Å². The van der Waals surface area contributed by atoms with E-state index in [0.717, 1.165) is 31.9 Å². The highest BCUT2D eigenvalue weighted by Crippen LogP contribution is 2.27. The number of carbonyl (C=O) groups is 1. The lowest BCUT2D eigenvalue weighted by molar-refractivity contribution is 0.120. The fourth-order valence-electron chi connectivity index (χ4n) is 3.21. The Bertz CT molecular complexity index is 480. The summed E-state index contributed by atoms with van der Waals surface area (Å²) in [4.78, 5) is 14.3. The Labute approximate surface area is 119 Å². The van der Waals surface area contributed by atoms with Crippen molar-refractivity contribution >= 4 is 11.7 Å². The molecule has 2 aliphatic heterocycles. The van der Waals surface area contributed by atoms with Gasteiger partial charge >= 0.3 is 6.03 Å². The summed E-state index contributed by atoms with van der Waals surface area (Å²) in [5.41, 5.74) is 0.730. The zero-order chi connectivity index (χ0) is 13.9. The Morgan fingerprint density at radius 2 is 2.00 bits per heavy atom. The molecule has 0 aromatic heterocycles. The summed E-state index contributed by atoms with van der Waals surface area (Å²) in [6, 6.07) is 7.48. The Kier molecular flexibility index (Phi) is 3.78. The van der Waals surface area contributed by atoms with Gasteiger partial charge in [0.25, 0.3) is 0 Å². The molecular formula is C15H21N3O2. The third kappa shape index (κ3) is 2.72. The second-order valence-electron chi connectivity index (χ2n) is 5.66. The summed E-state index contributed by atoms with van der Waals surface area (Å²) < 4.78 is 5.26. The van der Waals surface area contributed by atoms with E-state index < -0.39 is 0 Å². The topological polar surface area (TPSA) is 53.6 Å². The van der Waals surface area contributed by atoms with E-state index in [1.807, 2.05) is 29.2 Å². The largest absolute Gasteiger partial charge is 0.495 e. The highest BCUT2D eigenvalue weighted by atomic mass is 16.5. The van der Waals surface area contributed by atoms with Gasteiger partial charge in [-0.2, -0.15) is 0 Å². The van der Waals surface area contributed by atoms with Crippen LogP contribution in [-0.2, 0) is 0 Å². The van der Waals surface area contributed by atoms with E-state index in [1.165, 1.54) is 6.42 Å². The molecule has 2 saturated heterocycles. The van der Waals surface area contributed by atoms with Gasteiger partial charge in [-0.15, -0.1) is 0 Å². The maximum atomic E-state index is 12.4. The third-order valence-electron chi connectivity index (χ3n) is 4.13. The smallest absolute Gasteiger partial charge is 0.321 e. The van der Waals surface area contributed by atoms with Gasteiger partial charge in [-0.25, -0.2) is 4.79 Å². The van der Waals surface area contributed by atoms with Gasteiger partial charge in [-0.3, -0.25) is 0 Å². The van der Waals surface area contributed by atoms with Gasteiger partial charge in [0, 0.05) is 13.1 Å². The monoisotopic (exact) mass is 275 g/mol. The molecule has 108 valence electrons. The predicted octanol–water partition coefficient (Wildman–Crippen LogP) is 1.77. The summed E-state index contributed by atoms with van der Waals surface area (Å²) in [7, 11) is 1.61. The third-order valence-corrected chi connectivity index (χ3v) is 4.13. The minimum Gasteiger partial charge on any atom is -0.495 e. The molecule has 2 aliphatic rings. The summed E-state index contributed by atoms with van der Waals surface area (Å²) in [6.07, 6.45) is 1.24. The number of rotatable bonds is 2. The molecule has 2 N–H and O–H groups in total. The molecule has 2 bridgehead atoms. The summed E-state index contributed by atoms with van der Waals surface area (Å²) in [6.45, 7) is 3.72. The summed E-state index contributed by atoms with van der Waals surface area (Å²) in [5.74, 6) is 1.87. The van der Waals surface area contributed by atoms with Crippen molar-refractivity contribution in [2.24, 2.45) is 11.8 Å². The molecule has 2 heterocycles. The molecule has 2 atom stereocenters. The van der Waals surface area contributed by atoms with Crippen LogP contribution in [0.25, 0.3) is 0 Å². The van der Waals surface area contributed by atoms with E-state index in [1.54, 1.807) is 7.11 Å². The van der Waals surface area contributed by atoms with Crippen LogP contribution in [-0.4, -0.2) is 44.2 Å². The van der Waals surface area contributed by atoms with Gasteiger partial charge < -0.3 is 20.3 Å². The fraction of sp³-hybridized carbons (Fsp3) is 0.533. The van der Waals surface area contributed by atoms with E-state index in [-0.39, 0.29) is 6.03 Å². The zero-order valence-electron chi connectivity index (χ0n) is 11.8. The van der Waals surface area contributed by atoms with Crippen LogP contribution in [0.3, 0.4) is 0 Å². The minimum atomic E-state index is -0.0221. The number of nitrogens with one attached hydrogen (secondary N) is 2. The van der Waals surface area contributed by atoms with E-state index in [0.29, 0.717) is 17.6 Å². The number of benzene rings is 1. The molecule has 0 aliphatic carbocycles. The molecule has 0 spiro atoms. The van der Waals surface area contributed by atoms with Crippen molar-refractivity contribution in [1.82, 2.24) is 10.2 Å². The van der Waals surface area contributed by atoms with Crippen LogP contribution in [0.1, 0.15) is 6.42 Å². The van der Waals surface area contributed by atoms with Crippen LogP contribution in [0.2, 0.25) is 0 Å². The van der Waals surface area contributed by atoms with Crippen LogP contribution in [0.15, 0.2) is 24.3 Å². The van der Waals surface area contributed by atoms with Gasteiger partial charge in [0.1, 0.15) is 5.75 Å². The number of urea groups is 1. The number of piperidine rings is 2. The first-order valence-electron chi connectivity index (χ1n) is 7.16. The second kappa shape index (κ2) is 5.71. The lowest BCUT2D eigenvalue weighted by atomic mass is 9.86. The first kappa shape index (κ1) is 13.2. The van der Waals surface area contributed by atoms with Crippen molar-refractivity contribution in [2.75, 3.05) is 38.6 Å². The first-order valence-corrected chi connectivity index (χ1v) is 7.16. The van der Waals surface area contributed by atoms with Gasteiger partial charge in [0.2, 0.25) is 0 Å². The number of ether oxygens (including phenoxy) is 1. The van der Waals surface area contributed by atoms with Gasteiger partial charge in [0.15, 0.2) is 0 Å². The average Bonchev–Trinajstić information content (AvgIpc) is 2.47. The molecule has 0 saturated carbocycles. The number of nitrogens with zero attached hydrogens (tertiary/aromatic N) is 1. The zero-order valence-corrected chi connectivity index (χ0v) is 11.8. The number of fused-ring (bicyclic) bond motifs is 2. The molecule has 5 heteroatoms. The highest BCUT2D eigenvalue weighted by molar-refractivity contribution is 5.91. The molecule has 2 unspecified atom stereocenters. The standard InChI is InChI=1S/C15H21N3O2/c1-20-14-5-3-2-4-13(14)17-15(19)18-9-11-6-12(10-18)8-16-7-11/h2-5,11-12,16H,6-10H2,1H3,(H,17,19). The van der Waals surface area contributed by atoms with Crippen LogP contribution < -0.4 is 15.4 Å². The molecular weight excluding hydrogens is 254 g/mol. The molecule has 0 radical (unpaired) electrons. The summed E-state index contributed by atoms with van der Waals surface area (Å²) >= 11 is 0. The number of para-hydroxylation sites is 2. The predicted molar refractivity (Wildman–Crippen MR) is 78.1 cm³/mol. The summed E-state index contributed by atoms with van der Waals surface area (Å²) in [5, 5.41) is 6.40. The van der Waals surface area contributed by atoms with E-state index in [2.05, 4.69) is 10.6 Å². The number of hydrogen-bond acceptors (Lipinski definition) is 3. The maximum Gasteiger partial charge on any atom is 0.321 e. The molecule has 5 nitrogen and oxygen atoms in total. The Morgan fingerprint density at radius 1 is 1.30 bits per heavy atom. The van der Waals surface area contributed by atoms with E-state index in [4.69, 9.17) is 4.74 Å². The number of anilines is 1. The first-order chi connectivity index (χ1) is 9.76. The van der Waals surface area contributed by atoms with Crippen LogP contribution in [0.5, 0.6) is 5.75 Å². The van der Waals surface area contributed by atoms with Crippen LogP contribution in [0, 0.1) is 11.8 Å². The van der Waals surface area contributed by atoms with Crippen molar-refractivity contribution in [2.45, 2.75) is 6.42 Å². The van der Waals surface area contributed by atoms with Gasteiger partial charge in [-0.05, 0) is 43.5 Å². The van der Waals surface area contributed by atoms with Crippen molar-refractivity contribution < 1.29 is 9.53 Å². The van der Waals surface area contributed by atoms with Crippen molar-refractivity contribution in [3.63, 3.8) is 0 Å². The quantitative estimate of drug-likeness (QED) is 0.865. The van der Waals surface area contributed by atoms with Gasteiger partial charge in [0.05, 0.1) is 12.8 Å². The van der Waals surface area contributed by atoms with Crippen molar-refractivity contribution in [1.29, 1.82) is 0 Å². The Balaban J connectivity index is 1.67. The van der Waals surface area contributed by atoms with E-state index in [9.17, 15) is 4.79 Å². The number of hydrogen-bond donors (Lipinski definition) is 2. The maximum absolute atomic E-state index is 12.4. The number of amides is 2. The number of carbonyl (C=O) groups excluding carboxylic acids is 1. The minimum absolute atomic E-state index is 0.0221. The average molecular weight is 275 g/mol. The Morgan fingerprint density at radius 3 is 2.70 bits per heavy atom. The lowest BCUT2D eigenvalue weighted by Gasteiger charge is -2.41.